The molecule has 0 saturated carbocycles. The molecule has 0 radical (unpaired) electrons. The molecule has 0 aliphatic carbocycles. The monoisotopic (exact) mass is 448 g/mol. The third kappa shape index (κ3) is 5.03. The molecule has 0 unspecified atom stereocenters. The zero-order valence-corrected chi connectivity index (χ0v) is 19.3. The van der Waals surface area contributed by atoms with Crippen molar-refractivity contribution >= 4 is 11.9 Å². The Morgan fingerprint density at radius 2 is 1.85 bits per heavy atom. The molecule has 6 nitrogen and oxygen atoms in total. The molecular formula is C26H29FN4O2. The number of amides is 1. The predicted octanol–water partition coefficient (Wildman–Crippen LogP) is 4.86. The smallest absolute Gasteiger partial charge is 0.254 e. The van der Waals surface area contributed by atoms with E-state index in [9.17, 15) is 9.18 Å². The van der Waals surface area contributed by atoms with Crippen LogP contribution in [0.1, 0.15) is 46.9 Å². The summed E-state index contributed by atoms with van der Waals surface area (Å²) >= 11 is 0. The maximum absolute atomic E-state index is 13.6. The standard InChI is InChI=1S/C26H29FN4O2/c1-30(2)26-28-16-22(19-11-13-21(27)14-12-19)24(29-26)23-6-4-5-15-31(23)25(32)20-9-7-18(8-10-20)17-33-3/h7-14,16,23H,4-6,15,17H2,1-3H3/t23-/m1/s1. The van der Waals surface area contributed by atoms with Crippen molar-refractivity contribution in [3.63, 3.8) is 0 Å². The molecule has 172 valence electrons. The average molecular weight is 449 g/mol. The van der Waals surface area contributed by atoms with Crippen molar-refractivity contribution in [3.05, 3.63) is 77.4 Å². The van der Waals surface area contributed by atoms with E-state index in [2.05, 4.69) is 4.98 Å². The molecule has 1 aliphatic heterocycles. The molecule has 2 aromatic carbocycles. The third-order valence-electron chi connectivity index (χ3n) is 5.95. The number of hydrogen-bond acceptors (Lipinski definition) is 5. The van der Waals surface area contributed by atoms with Gasteiger partial charge in [-0.3, -0.25) is 4.79 Å². The highest BCUT2D eigenvalue weighted by Crippen LogP contribution is 2.37. The van der Waals surface area contributed by atoms with Gasteiger partial charge in [0.25, 0.3) is 5.91 Å². The van der Waals surface area contributed by atoms with E-state index in [-0.39, 0.29) is 17.8 Å². The minimum Gasteiger partial charge on any atom is -0.380 e. The normalized spacial score (nSPS) is 16.0. The van der Waals surface area contributed by atoms with E-state index in [1.807, 2.05) is 48.2 Å². The van der Waals surface area contributed by atoms with Gasteiger partial charge in [-0.25, -0.2) is 14.4 Å². The highest BCUT2D eigenvalue weighted by molar-refractivity contribution is 5.94. The molecule has 4 rings (SSSR count). The van der Waals surface area contributed by atoms with E-state index < -0.39 is 0 Å². The van der Waals surface area contributed by atoms with Gasteiger partial charge in [-0.15, -0.1) is 0 Å². The quantitative estimate of drug-likeness (QED) is 0.539. The van der Waals surface area contributed by atoms with E-state index in [4.69, 9.17) is 9.72 Å². The summed E-state index contributed by atoms with van der Waals surface area (Å²) in [5.41, 5.74) is 4.12. The van der Waals surface area contributed by atoms with Crippen LogP contribution in [-0.2, 0) is 11.3 Å². The Labute approximate surface area is 194 Å². The van der Waals surface area contributed by atoms with Gasteiger partial charge in [0.1, 0.15) is 5.82 Å². The number of ether oxygens (including phenoxy) is 1. The van der Waals surface area contributed by atoms with E-state index in [1.165, 1.54) is 12.1 Å². The van der Waals surface area contributed by atoms with Crippen LogP contribution >= 0.6 is 0 Å². The van der Waals surface area contributed by atoms with Gasteiger partial charge in [0, 0.05) is 45.1 Å². The molecule has 1 fully saturated rings. The first-order valence-corrected chi connectivity index (χ1v) is 11.2. The molecule has 1 aliphatic rings. The summed E-state index contributed by atoms with van der Waals surface area (Å²) in [5, 5.41) is 0. The van der Waals surface area contributed by atoms with Gasteiger partial charge in [-0.05, 0) is 54.7 Å². The fourth-order valence-corrected chi connectivity index (χ4v) is 4.24. The van der Waals surface area contributed by atoms with Crippen LogP contribution in [0.4, 0.5) is 10.3 Å². The number of rotatable bonds is 6. The van der Waals surface area contributed by atoms with Crippen LogP contribution in [0, 0.1) is 5.82 Å². The third-order valence-corrected chi connectivity index (χ3v) is 5.95. The number of carbonyl (C=O) groups excluding carboxylic acids is 1. The predicted molar refractivity (Wildman–Crippen MR) is 127 cm³/mol. The number of likely N-dealkylation sites (tertiary alicyclic amines) is 1. The fraction of sp³-hybridized carbons (Fsp3) is 0.346. The summed E-state index contributed by atoms with van der Waals surface area (Å²) in [6.45, 7) is 1.17. The van der Waals surface area contributed by atoms with E-state index >= 15 is 0 Å². The van der Waals surface area contributed by atoms with Crippen LogP contribution in [0.2, 0.25) is 0 Å². The van der Waals surface area contributed by atoms with Gasteiger partial charge in [-0.1, -0.05) is 24.3 Å². The first kappa shape index (κ1) is 22.9. The van der Waals surface area contributed by atoms with Crippen LogP contribution in [0.5, 0.6) is 0 Å². The van der Waals surface area contributed by atoms with E-state index in [1.54, 1.807) is 25.4 Å². The Bertz CT molecular complexity index is 1100. The number of benzene rings is 2. The van der Waals surface area contributed by atoms with E-state index in [0.29, 0.717) is 24.7 Å². The number of nitrogens with zero attached hydrogens (tertiary/aromatic N) is 4. The number of halogens is 1. The number of aromatic nitrogens is 2. The minimum absolute atomic E-state index is 0.0151. The van der Waals surface area contributed by atoms with Crippen molar-refractivity contribution in [2.45, 2.75) is 31.9 Å². The van der Waals surface area contributed by atoms with Gasteiger partial charge in [-0.2, -0.15) is 0 Å². The molecule has 33 heavy (non-hydrogen) atoms. The van der Waals surface area contributed by atoms with Crippen LogP contribution in [-0.4, -0.2) is 48.5 Å². The number of methoxy groups -OCH3 is 1. The van der Waals surface area contributed by atoms with Crippen molar-refractivity contribution in [3.8, 4) is 11.1 Å². The summed E-state index contributed by atoms with van der Waals surface area (Å²) in [5.74, 6) is 0.272. The summed E-state index contributed by atoms with van der Waals surface area (Å²) < 4.78 is 18.7. The first-order chi connectivity index (χ1) is 16.0. The second-order valence-electron chi connectivity index (χ2n) is 8.51. The van der Waals surface area contributed by atoms with Crippen LogP contribution in [0.3, 0.4) is 0 Å². The number of carbonyl (C=O) groups is 1. The van der Waals surface area contributed by atoms with Crippen molar-refractivity contribution in [1.82, 2.24) is 14.9 Å². The SMILES string of the molecule is COCc1ccc(C(=O)N2CCCC[C@@H]2c2nc(N(C)C)ncc2-c2ccc(F)cc2)cc1. The second kappa shape index (κ2) is 10.1. The molecular weight excluding hydrogens is 419 g/mol. The van der Waals surface area contributed by atoms with Crippen LogP contribution in [0.25, 0.3) is 11.1 Å². The molecule has 3 aromatic rings. The number of hydrogen-bond donors (Lipinski definition) is 0. The van der Waals surface area contributed by atoms with Gasteiger partial charge in [0.05, 0.1) is 18.3 Å². The number of anilines is 1. The molecule has 1 amide bonds. The topological polar surface area (TPSA) is 58.6 Å². The van der Waals surface area contributed by atoms with Crippen LogP contribution in [0.15, 0.2) is 54.7 Å². The summed E-state index contributed by atoms with van der Waals surface area (Å²) in [7, 11) is 5.43. The molecule has 1 atom stereocenters. The lowest BCUT2D eigenvalue weighted by molar-refractivity contribution is 0.0606. The molecule has 2 heterocycles. The first-order valence-electron chi connectivity index (χ1n) is 11.2. The largest absolute Gasteiger partial charge is 0.380 e. The number of piperidine rings is 1. The zero-order valence-electron chi connectivity index (χ0n) is 19.3. The lowest BCUT2D eigenvalue weighted by Crippen LogP contribution is -2.39. The minimum atomic E-state index is -0.294. The molecule has 0 spiro atoms. The highest BCUT2D eigenvalue weighted by Gasteiger charge is 2.32. The molecule has 7 heteroatoms. The Kier molecular flexibility index (Phi) is 6.99. The van der Waals surface area contributed by atoms with Gasteiger partial charge in [0.2, 0.25) is 5.95 Å². The fourth-order valence-electron chi connectivity index (χ4n) is 4.24. The molecule has 1 saturated heterocycles. The summed E-state index contributed by atoms with van der Waals surface area (Å²) in [6, 6.07) is 13.7. The van der Waals surface area contributed by atoms with Gasteiger partial charge in [0.15, 0.2) is 0 Å². The van der Waals surface area contributed by atoms with Crippen LogP contribution < -0.4 is 4.90 Å². The van der Waals surface area contributed by atoms with E-state index in [0.717, 1.165) is 41.6 Å². The van der Waals surface area contributed by atoms with Crippen molar-refractivity contribution in [2.24, 2.45) is 0 Å². The second-order valence-corrected chi connectivity index (χ2v) is 8.51. The van der Waals surface area contributed by atoms with Crippen molar-refractivity contribution in [1.29, 1.82) is 0 Å². The van der Waals surface area contributed by atoms with Crippen molar-refractivity contribution in [2.75, 3.05) is 32.6 Å². The molecule has 0 bridgehead atoms. The Morgan fingerprint density at radius 3 is 2.52 bits per heavy atom. The van der Waals surface area contributed by atoms with Crippen molar-refractivity contribution < 1.29 is 13.9 Å². The molecule has 0 N–H and O–H groups in total. The Hall–Kier alpha value is -3.32. The summed E-state index contributed by atoms with van der Waals surface area (Å²) in [6.07, 6.45) is 4.54. The molecule has 1 aromatic heterocycles. The average Bonchev–Trinajstić information content (AvgIpc) is 2.84. The lowest BCUT2D eigenvalue weighted by Gasteiger charge is -2.36. The highest BCUT2D eigenvalue weighted by atomic mass is 19.1. The lowest BCUT2D eigenvalue weighted by atomic mass is 9.93. The Morgan fingerprint density at radius 1 is 1.12 bits per heavy atom. The zero-order chi connectivity index (χ0) is 23.4. The maximum Gasteiger partial charge on any atom is 0.254 e. The van der Waals surface area contributed by atoms with Gasteiger partial charge < -0.3 is 14.5 Å². The maximum atomic E-state index is 13.6. The van der Waals surface area contributed by atoms with Gasteiger partial charge >= 0.3 is 0 Å². The Balaban J connectivity index is 1.73. The summed E-state index contributed by atoms with van der Waals surface area (Å²) in [4.78, 5) is 26.7.